The highest BCUT2D eigenvalue weighted by molar-refractivity contribution is 5.81. The first-order valence-corrected chi connectivity index (χ1v) is 12.9. The fourth-order valence-corrected chi connectivity index (χ4v) is 4.87. The van der Waals surface area contributed by atoms with Gasteiger partial charge < -0.3 is 24.2 Å². The molecule has 0 bridgehead atoms. The number of amides is 2. The van der Waals surface area contributed by atoms with Crippen LogP contribution in [0.1, 0.15) is 33.1 Å². The topological polar surface area (TPSA) is 105 Å². The molecule has 2 amide bonds. The van der Waals surface area contributed by atoms with Crippen LogP contribution in [0.4, 0.5) is 10.6 Å². The molecule has 37 heavy (non-hydrogen) atoms. The van der Waals surface area contributed by atoms with Crippen LogP contribution in [0.3, 0.4) is 0 Å². The number of piperazine rings is 1. The zero-order chi connectivity index (χ0) is 25.5. The maximum Gasteiger partial charge on any atom is 0.410 e. The molecule has 3 aromatic heterocycles. The highest BCUT2D eigenvalue weighted by atomic mass is 16.6. The zero-order valence-corrected chi connectivity index (χ0v) is 21.1. The molecule has 5 heterocycles. The standard InChI is InChI=1S/C26H31N7O4/c1-17(2)32-16-19(14-23(32)34)37-26(35)31-12-10-30(11-13-31)22-7-9-33-24(29-22)21(15-28-33)20-4-3-8-27-25(20)36-18-5-6-18/h3-4,7-9,15,17-19H,5-6,10-14,16H2,1-2H3/t19-/m0/s1. The maximum absolute atomic E-state index is 12.7. The largest absolute Gasteiger partial charge is 0.474 e. The van der Waals surface area contributed by atoms with E-state index in [9.17, 15) is 9.59 Å². The first kappa shape index (κ1) is 23.5. The second-order valence-electron chi connectivity index (χ2n) is 10.1. The Morgan fingerprint density at radius 3 is 2.62 bits per heavy atom. The fraction of sp³-hybridized carbons (Fsp3) is 0.500. The lowest BCUT2D eigenvalue weighted by molar-refractivity contribution is -0.129. The van der Waals surface area contributed by atoms with Gasteiger partial charge in [-0.25, -0.2) is 19.3 Å². The molecule has 3 fully saturated rings. The van der Waals surface area contributed by atoms with Crippen molar-refractivity contribution in [3.05, 3.63) is 36.8 Å². The molecule has 3 aliphatic rings. The monoisotopic (exact) mass is 505 g/mol. The van der Waals surface area contributed by atoms with Crippen LogP contribution in [-0.4, -0.2) is 92.4 Å². The average molecular weight is 506 g/mol. The summed E-state index contributed by atoms with van der Waals surface area (Å²) in [5, 5.41) is 4.48. The third kappa shape index (κ3) is 4.77. The predicted octanol–water partition coefficient (Wildman–Crippen LogP) is 2.60. The highest BCUT2D eigenvalue weighted by Gasteiger charge is 2.35. The van der Waals surface area contributed by atoms with E-state index in [0.29, 0.717) is 38.6 Å². The smallest absolute Gasteiger partial charge is 0.410 e. The van der Waals surface area contributed by atoms with E-state index < -0.39 is 0 Å². The third-order valence-corrected chi connectivity index (χ3v) is 7.09. The van der Waals surface area contributed by atoms with E-state index in [2.05, 4.69) is 15.0 Å². The minimum Gasteiger partial charge on any atom is -0.474 e. The molecule has 6 rings (SSSR count). The van der Waals surface area contributed by atoms with Gasteiger partial charge in [0.1, 0.15) is 18.0 Å². The van der Waals surface area contributed by atoms with Crippen molar-refractivity contribution in [2.75, 3.05) is 37.6 Å². The number of hydrogen-bond donors (Lipinski definition) is 0. The Kier molecular flexibility index (Phi) is 6.05. The van der Waals surface area contributed by atoms with Gasteiger partial charge in [0.2, 0.25) is 11.8 Å². The first-order valence-electron chi connectivity index (χ1n) is 12.9. The van der Waals surface area contributed by atoms with E-state index >= 15 is 0 Å². The molecule has 2 saturated heterocycles. The number of fused-ring (bicyclic) bond motifs is 1. The van der Waals surface area contributed by atoms with Crippen LogP contribution in [-0.2, 0) is 9.53 Å². The summed E-state index contributed by atoms with van der Waals surface area (Å²) in [6, 6.07) is 5.92. The minimum atomic E-state index is -0.383. The van der Waals surface area contributed by atoms with Gasteiger partial charge in [-0.3, -0.25) is 4.79 Å². The van der Waals surface area contributed by atoms with Crippen LogP contribution in [0.15, 0.2) is 36.8 Å². The van der Waals surface area contributed by atoms with Gasteiger partial charge >= 0.3 is 6.09 Å². The Morgan fingerprint density at radius 2 is 1.89 bits per heavy atom. The molecule has 0 aromatic carbocycles. The molecule has 0 N–H and O–H groups in total. The van der Waals surface area contributed by atoms with E-state index in [1.165, 1.54) is 0 Å². The summed E-state index contributed by atoms with van der Waals surface area (Å²) < 4.78 is 13.4. The third-order valence-electron chi connectivity index (χ3n) is 7.09. The number of anilines is 1. The molecule has 3 aromatic rings. The summed E-state index contributed by atoms with van der Waals surface area (Å²) >= 11 is 0. The molecule has 11 heteroatoms. The van der Waals surface area contributed by atoms with Gasteiger partial charge in [0, 0.05) is 50.2 Å². The summed E-state index contributed by atoms with van der Waals surface area (Å²) in [5.74, 6) is 1.47. The van der Waals surface area contributed by atoms with Crippen molar-refractivity contribution in [3.63, 3.8) is 0 Å². The Hall–Kier alpha value is -3.89. The van der Waals surface area contributed by atoms with Crippen molar-refractivity contribution < 1.29 is 19.1 Å². The number of carbonyl (C=O) groups is 2. The van der Waals surface area contributed by atoms with Crippen molar-refractivity contribution in [3.8, 4) is 17.0 Å². The van der Waals surface area contributed by atoms with Crippen LogP contribution in [0.2, 0.25) is 0 Å². The predicted molar refractivity (Wildman–Crippen MR) is 135 cm³/mol. The molecule has 1 aliphatic carbocycles. The number of nitrogens with zero attached hydrogens (tertiary/aromatic N) is 7. The van der Waals surface area contributed by atoms with Crippen LogP contribution < -0.4 is 9.64 Å². The summed E-state index contributed by atoms with van der Waals surface area (Å²) in [6.07, 6.45) is 7.31. The number of ether oxygens (including phenoxy) is 2. The van der Waals surface area contributed by atoms with Gasteiger partial charge in [-0.05, 0) is 44.9 Å². The Labute approximate surface area is 215 Å². The van der Waals surface area contributed by atoms with Crippen molar-refractivity contribution >= 4 is 23.5 Å². The Bertz CT molecular complexity index is 1310. The normalized spacial score (nSPS) is 20.2. The Balaban J connectivity index is 1.12. The van der Waals surface area contributed by atoms with E-state index in [4.69, 9.17) is 14.5 Å². The van der Waals surface area contributed by atoms with Gasteiger partial charge in [-0.15, -0.1) is 0 Å². The van der Waals surface area contributed by atoms with E-state index in [0.717, 1.165) is 35.4 Å². The van der Waals surface area contributed by atoms with Crippen molar-refractivity contribution in [1.82, 2.24) is 29.4 Å². The molecule has 11 nitrogen and oxygen atoms in total. The molecule has 2 aliphatic heterocycles. The first-order chi connectivity index (χ1) is 18.0. The van der Waals surface area contributed by atoms with Gasteiger partial charge in [0.25, 0.3) is 0 Å². The summed E-state index contributed by atoms with van der Waals surface area (Å²) in [5.41, 5.74) is 2.48. The Morgan fingerprint density at radius 1 is 1.08 bits per heavy atom. The molecule has 0 radical (unpaired) electrons. The zero-order valence-electron chi connectivity index (χ0n) is 21.1. The fourth-order valence-electron chi connectivity index (χ4n) is 4.87. The number of rotatable bonds is 6. The lowest BCUT2D eigenvalue weighted by Gasteiger charge is -2.35. The van der Waals surface area contributed by atoms with Crippen LogP contribution in [0.25, 0.3) is 16.8 Å². The van der Waals surface area contributed by atoms with Crippen LogP contribution in [0.5, 0.6) is 5.88 Å². The number of carbonyl (C=O) groups excluding carboxylic acids is 2. The summed E-state index contributed by atoms with van der Waals surface area (Å²) in [4.78, 5) is 39.9. The van der Waals surface area contributed by atoms with Crippen molar-refractivity contribution in [1.29, 1.82) is 0 Å². The quantitative estimate of drug-likeness (QED) is 0.504. The van der Waals surface area contributed by atoms with Gasteiger partial charge in [0.15, 0.2) is 5.65 Å². The van der Waals surface area contributed by atoms with E-state index in [-0.39, 0.29) is 36.7 Å². The molecule has 1 atom stereocenters. The van der Waals surface area contributed by atoms with Crippen LogP contribution in [0, 0.1) is 0 Å². The second kappa shape index (κ2) is 9.53. The summed E-state index contributed by atoms with van der Waals surface area (Å²) in [6.45, 7) is 6.71. The van der Waals surface area contributed by atoms with Gasteiger partial charge in [-0.1, -0.05) is 0 Å². The highest BCUT2D eigenvalue weighted by Crippen LogP contribution is 2.35. The van der Waals surface area contributed by atoms with Gasteiger partial charge in [-0.2, -0.15) is 5.10 Å². The molecular weight excluding hydrogens is 474 g/mol. The van der Waals surface area contributed by atoms with Crippen molar-refractivity contribution in [2.24, 2.45) is 0 Å². The molecule has 194 valence electrons. The number of hydrogen-bond acceptors (Lipinski definition) is 8. The molecular formula is C26H31N7O4. The SMILES string of the molecule is CC(C)N1C[C@@H](OC(=O)N2CCN(c3ccn4ncc(-c5cccnc5OC5CC5)c4n3)CC2)CC1=O. The van der Waals surface area contributed by atoms with Gasteiger partial charge in [0.05, 0.1) is 24.7 Å². The number of aromatic nitrogens is 4. The van der Waals surface area contributed by atoms with E-state index in [1.54, 1.807) is 26.7 Å². The molecule has 0 spiro atoms. The maximum atomic E-state index is 12.7. The molecule has 1 saturated carbocycles. The number of pyridine rings is 1. The van der Waals surface area contributed by atoms with Crippen LogP contribution >= 0.6 is 0 Å². The van der Waals surface area contributed by atoms with Crippen molar-refractivity contribution in [2.45, 2.75) is 51.4 Å². The second-order valence-corrected chi connectivity index (χ2v) is 10.1. The lowest BCUT2D eigenvalue weighted by Crippen LogP contribution is -2.50. The summed E-state index contributed by atoms with van der Waals surface area (Å²) in [7, 11) is 0. The average Bonchev–Trinajstić information content (AvgIpc) is 3.49. The minimum absolute atomic E-state index is 0.0378. The lowest BCUT2D eigenvalue weighted by atomic mass is 10.1. The molecule has 0 unspecified atom stereocenters. The van der Waals surface area contributed by atoms with E-state index in [1.807, 2.05) is 38.2 Å². The number of likely N-dealkylation sites (tertiary alicyclic amines) is 1.